The van der Waals surface area contributed by atoms with Crippen LogP contribution in [0.3, 0.4) is 0 Å². The number of nitrogens with one attached hydrogen (secondary N) is 1. The second kappa shape index (κ2) is 7.24. The van der Waals surface area contributed by atoms with Crippen molar-refractivity contribution in [1.82, 2.24) is 9.62 Å². The Morgan fingerprint density at radius 2 is 2.33 bits per heavy atom. The van der Waals surface area contributed by atoms with Crippen LogP contribution in [0.5, 0.6) is 0 Å². The zero-order valence-corrected chi connectivity index (χ0v) is 13.8. The number of aliphatic imine (C=N–C) groups is 1. The maximum absolute atomic E-state index is 12.2. The van der Waals surface area contributed by atoms with Gasteiger partial charge in [0.1, 0.15) is 4.21 Å². The van der Waals surface area contributed by atoms with Gasteiger partial charge < -0.3 is 11.1 Å². The molecule has 21 heavy (non-hydrogen) atoms. The monoisotopic (exact) mass is 330 g/mol. The fraction of sp³-hybridized carbons (Fsp3) is 0.615. The fourth-order valence-electron chi connectivity index (χ4n) is 1.98. The van der Waals surface area contributed by atoms with Crippen LogP contribution < -0.4 is 11.1 Å². The highest BCUT2D eigenvalue weighted by atomic mass is 32.2. The van der Waals surface area contributed by atoms with Crippen LogP contribution >= 0.6 is 11.3 Å². The highest BCUT2D eigenvalue weighted by Gasteiger charge is 2.21. The summed E-state index contributed by atoms with van der Waals surface area (Å²) in [7, 11) is -1.82. The van der Waals surface area contributed by atoms with Crippen LogP contribution in [0.4, 0.5) is 0 Å². The van der Waals surface area contributed by atoms with Crippen LogP contribution in [-0.4, -0.2) is 45.4 Å². The molecule has 1 aliphatic rings. The summed E-state index contributed by atoms with van der Waals surface area (Å²) < 4.78 is 26.0. The van der Waals surface area contributed by atoms with Crippen LogP contribution in [0.15, 0.2) is 26.7 Å². The maximum Gasteiger partial charge on any atom is 0.252 e. The van der Waals surface area contributed by atoms with Gasteiger partial charge in [0.25, 0.3) is 10.0 Å². The molecular weight excluding hydrogens is 308 g/mol. The molecule has 8 heteroatoms. The Kier molecular flexibility index (Phi) is 5.60. The van der Waals surface area contributed by atoms with E-state index in [1.165, 1.54) is 34.9 Å². The molecule has 0 radical (unpaired) electrons. The minimum atomic E-state index is -3.38. The Morgan fingerprint density at radius 1 is 1.57 bits per heavy atom. The molecule has 6 nitrogen and oxygen atoms in total. The van der Waals surface area contributed by atoms with Crippen molar-refractivity contribution in [3.63, 3.8) is 0 Å². The van der Waals surface area contributed by atoms with Crippen molar-refractivity contribution < 1.29 is 8.42 Å². The molecule has 0 saturated heterocycles. The predicted molar refractivity (Wildman–Crippen MR) is 86.0 cm³/mol. The van der Waals surface area contributed by atoms with Gasteiger partial charge in [0.05, 0.1) is 0 Å². The van der Waals surface area contributed by atoms with E-state index in [1.54, 1.807) is 24.6 Å². The molecule has 1 aromatic heterocycles. The molecule has 0 spiro atoms. The molecule has 0 amide bonds. The SMILES string of the molecule is CN(CCNC(N)=NCC1CCC1)S(=O)(=O)c1cccs1. The van der Waals surface area contributed by atoms with Crippen molar-refractivity contribution >= 4 is 27.3 Å². The zero-order chi connectivity index (χ0) is 15.3. The first-order valence-electron chi connectivity index (χ1n) is 7.04. The number of nitrogens with zero attached hydrogens (tertiary/aromatic N) is 2. The molecule has 3 N–H and O–H groups in total. The number of hydrogen-bond acceptors (Lipinski definition) is 4. The summed E-state index contributed by atoms with van der Waals surface area (Å²) in [5, 5.41) is 4.71. The van der Waals surface area contributed by atoms with Crippen LogP contribution in [0.25, 0.3) is 0 Å². The molecule has 1 heterocycles. The molecule has 0 aromatic carbocycles. The molecule has 0 unspecified atom stereocenters. The quantitative estimate of drug-likeness (QED) is 0.578. The van der Waals surface area contributed by atoms with Crippen molar-refractivity contribution in [2.45, 2.75) is 23.5 Å². The Hall–Kier alpha value is -1.12. The number of thiophene rings is 1. The molecule has 0 bridgehead atoms. The lowest BCUT2D eigenvalue weighted by Crippen LogP contribution is -2.39. The number of nitrogens with two attached hydrogens (primary N) is 1. The maximum atomic E-state index is 12.2. The second-order valence-corrected chi connectivity index (χ2v) is 8.43. The third-order valence-electron chi connectivity index (χ3n) is 3.64. The summed E-state index contributed by atoms with van der Waals surface area (Å²) in [6.45, 7) is 1.56. The normalized spacial score (nSPS) is 17.0. The molecule has 2 rings (SSSR count). The van der Waals surface area contributed by atoms with Gasteiger partial charge in [-0.2, -0.15) is 4.31 Å². The van der Waals surface area contributed by atoms with E-state index >= 15 is 0 Å². The Balaban J connectivity index is 1.74. The first-order chi connectivity index (χ1) is 10.00. The third-order valence-corrected chi connectivity index (χ3v) is 6.87. The summed E-state index contributed by atoms with van der Waals surface area (Å²) in [6, 6.07) is 3.34. The smallest absolute Gasteiger partial charge is 0.252 e. The van der Waals surface area contributed by atoms with Crippen LogP contribution in [0.2, 0.25) is 0 Å². The minimum Gasteiger partial charge on any atom is -0.370 e. The topological polar surface area (TPSA) is 87.8 Å². The van der Waals surface area contributed by atoms with Gasteiger partial charge in [0.15, 0.2) is 5.96 Å². The summed E-state index contributed by atoms with van der Waals surface area (Å²) in [4.78, 5) is 4.27. The predicted octanol–water partition coefficient (Wildman–Crippen LogP) is 1.07. The van der Waals surface area contributed by atoms with Crippen LogP contribution in [0, 0.1) is 5.92 Å². The molecule has 0 atom stereocenters. The van der Waals surface area contributed by atoms with E-state index in [9.17, 15) is 8.42 Å². The molecule has 0 aliphatic heterocycles. The van der Waals surface area contributed by atoms with Gasteiger partial charge in [-0.15, -0.1) is 11.3 Å². The van der Waals surface area contributed by atoms with E-state index in [0.717, 1.165) is 6.54 Å². The number of likely N-dealkylation sites (N-methyl/N-ethyl adjacent to an activating group) is 1. The van der Waals surface area contributed by atoms with Crippen LogP contribution in [-0.2, 0) is 10.0 Å². The van der Waals surface area contributed by atoms with E-state index in [0.29, 0.717) is 29.2 Å². The standard InChI is InChI=1S/C13H22N4O2S2/c1-17(21(18,19)12-6-3-9-20-12)8-7-15-13(14)16-10-11-4-2-5-11/h3,6,9,11H,2,4-5,7-8,10H2,1H3,(H3,14,15,16). The highest BCUT2D eigenvalue weighted by Crippen LogP contribution is 2.26. The van der Waals surface area contributed by atoms with E-state index in [-0.39, 0.29) is 0 Å². The van der Waals surface area contributed by atoms with Crippen molar-refractivity contribution in [2.75, 3.05) is 26.7 Å². The Morgan fingerprint density at radius 3 is 2.90 bits per heavy atom. The molecule has 1 aromatic rings. The Bertz CT molecular complexity index is 565. The van der Waals surface area contributed by atoms with Gasteiger partial charge in [0.2, 0.25) is 0 Å². The van der Waals surface area contributed by atoms with Gasteiger partial charge in [0, 0.05) is 26.7 Å². The van der Waals surface area contributed by atoms with Gasteiger partial charge in [-0.3, -0.25) is 4.99 Å². The van der Waals surface area contributed by atoms with Crippen molar-refractivity contribution in [2.24, 2.45) is 16.6 Å². The van der Waals surface area contributed by atoms with E-state index < -0.39 is 10.0 Å². The number of rotatable bonds is 7. The molecule has 1 saturated carbocycles. The zero-order valence-electron chi connectivity index (χ0n) is 12.2. The minimum absolute atomic E-state index is 0.347. The highest BCUT2D eigenvalue weighted by molar-refractivity contribution is 7.91. The summed E-state index contributed by atoms with van der Waals surface area (Å²) >= 11 is 1.22. The first kappa shape index (κ1) is 16.3. The first-order valence-corrected chi connectivity index (χ1v) is 9.36. The van der Waals surface area contributed by atoms with Crippen molar-refractivity contribution in [1.29, 1.82) is 0 Å². The molecule has 118 valence electrons. The lowest BCUT2D eigenvalue weighted by atomic mass is 9.86. The molecule has 1 aliphatic carbocycles. The van der Waals surface area contributed by atoms with E-state index in [4.69, 9.17) is 5.73 Å². The largest absolute Gasteiger partial charge is 0.370 e. The number of hydrogen-bond donors (Lipinski definition) is 2. The summed E-state index contributed by atoms with van der Waals surface area (Å²) in [5.74, 6) is 1.07. The Labute approximate surface area is 130 Å². The fourth-order valence-corrected chi connectivity index (χ4v) is 4.36. The van der Waals surface area contributed by atoms with Gasteiger partial charge in [-0.25, -0.2) is 8.42 Å². The lowest BCUT2D eigenvalue weighted by Gasteiger charge is -2.23. The molecular formula is C13H22N4O2S2. The van der Waals surface area contributed by atoms with E-state index in [1.807, 2.05) is 0 Å². The lowest BCUT2D eigenvalue weighted by molar-refractivity contribution is 0.326. The second-order valence-electron chi connectivity index (χ2n) is 5.21. The van der Waals surface area contributed by atoms with Crippen molar-refractivity contribution in [3.05, 3.63) is 17.5 Å². The van der Waals surface area contributed by atoms with E-state index in [2.05, 4.69) is 10.3 Å². The summed E-state index contributed by atoms with van der Waals surface area (Å²) in [5.41, 5.74) is 5.76. The average Bonchev–Trinajstić information content (AvgIpc) is 2.91. The van der Waals surface area contributed by atoms with Crippen molar-refractivity contribution in [3.8, 4) is 0 Å². The number of guanidine groups is 1. The summed E-state index contributed by atoms with van der Waals surface area (Å²) in [6.07, 6.45) is 3.76. The van der Waals surface area contributed by atoms with Crippen LogP contribution in [0.1, 0.15) is 19.3 Å². The van der Waals surface area contributed by atoms with Gasteiger partial charge >= 0.3 is 0 Å². The van der Waals surface area contributed by atoms with Gasteiger partial charge in [-0.05, 0) is 30.2 Å². The third kappa shape index (κ3) is 4.42. The molecule has 1 fully saturated rings. The van der Waals surface area contributed by atoms with Gasteiger partial charge in [-0.1, -0.05) is 12.5 Å². The number of sulfonamides is 1. The average molecular weight is 330 g/mol.